The standard InChI is InChI=1S/C33H44N4O4/c1-6-41-30-11-8-7-10-26(30)21-37-31(38)29-17-25-12-13-27(40-5)18-28(25)36(29)22-33(37,4)32(39)34-14-9-15-35-19-23(2)16-24(3)20-35/h7-8,10-13,17-18,23-24H,6,9,14-16,19-22H2,1-5H3,(H,34,39)/t23-,24-,33-/m1/s1. The Kier molecular flexibility index (Phi) is 8.59. The minimum Gasteiger partial charge on any atom is -0.497 e. The number of ether oxygens (including phenoxy) is 2. The maximum Gasteiger partial charge on any atom is 0.271 e. The number of hydrogen-bond donors (Lipinski definition) is 1. The summed E-state index contributed by atoms with van der Waals surface area (Å²) in [5.74, 6) is 2.54. The fraction of sp³-hybridized carbons (Fsp3) is 0.515. The largest absolute Gasteiger partial charge is 0.497 e. The van der Waals surface area contributed by atoms with Crippen LogP contribution >= 0.6 is 0 Å². The minimum atomic E-state index is -1.10. The Morgan fingerprint density at radius 3 is 2.59 bits per heavy atom. The first-order chi connectivity index (χ1) is 19.7. The quantitative estimate of drug-likeness (QED) is 0.355. The lowest BCUT2D eigenvalue weighted by atomic mass is 9.92. The Morgan fingerprint density at radius 2 is 1.85 bits per heavy atom. The number of amides is 2. The van der Waals surface area contributed by atoms with Gasteiger partial charge in [-0.25, -0.2) is 0 Å². The van der Waals surface area contributed by atoms with Crippen LogP contribution in [0, 0.1) is 11.8 Å². The van der Waals surface area contributed by atoms with Gasteiger partial charge in [0.1, 0.15) is 22.7 Å². The lowest BCUT2D eigenvalue weighted by Crippen LogP contribution is -2.63. The third kappa shape index (κ3) is 5.94. The molecule has 1 fully saturated rings. The third-order valence-electron chi connectivity index (χ3n) is 8.61. The van der Waals surface area contributed by atoms with Crippen molar-refractivity contribution in [3.05, 3.63) is 59.8 Å². The molecule has 8 nitrogen and oxygen atoms in total. The van der Waals surface area contributed by atoms with Gasteiger partial charge in [-0.15, -0.1) is 0 Å². The van der Waals surface area contributed by atoms with Crippen molar-refractivity contribution in [1.82, 2.24) is 19.7 Å². The zero-order chi connectivity index (χ0) is 29.1. The fourth-order valence-electron chi connectivity index (χ4n) is 6.68. The van der Waals surface area contributed by atoms with E-state index in [1.54, 1.807) is 12.0 Å². The number of carbonyl (C=O) groups excluding carboxylic acids is 2. The van der Waals surface area contributed by atoms with Crippen LogP contribution in [0.5, 0.6) is 11.5 Å². The molecule has 0 aliphatic carbocycles. The average molecular weight is 561 g/mol. The van der Waals surface area contributed by atoms with Gasteiger partial charge in [-0.2, -0.15) is 0 Å². The van der Waals surface area contributed by atoms with Gasteiger partial charge in [-0.05, 0) is 69.3 Å². The molecular weight excluding hydrogens is 516 g/mol. The van der Waals surface area contributed by atoms with Crippen molar-refractivity contribution in [3.8, 4) is 11.5 Å². The number of fused-ring (bicyclic) bond motifs is 3. The van der Waals surface area contributed by atoms with E-state index >= 15 is 0 Å². The smallest absolute Gasteiger partial charge is 0.271 e. The Balaban J connectivity index is 1.41. The number of nitrogens with one attached hydrogen (secondary N) is 1. The average Bonchev–Trinajstić information content (AvgIpc) is 3.31. The summed E-state index contributed by atoms with van der Waals surface area (Å²) in [6.07, 6.45) is 2.15. The van der Waals surface area contributed by atoms with Crippen LogP contribution in [0.15, 0.2) is 48.5 Å². The second-order valence-electron chi connectivity index (χ2n) is 12.1. The molecule has 1 N–H and O–H groups in total. The molecule has 2 aliphatic heterocycles. The van der Waals surface area contributed by atoms with Crippen LogP contribution in [-0.4, -0.2) is 71.6 Å². The van der Waals surface area contributed by atoms with Gasteiger partial charge < -0.3 is 29.2 Å². The van der Waals surface area contributed by atoms with Gasteiger partial charge in [0.2, 0.25) is 5.91 Å². The molecule has 1 aromatic heterocycles. The first-order valence-corrected chi connectivity index (χ1v) is 14.9. The monoisotopic (exact) mass is 560 g/mol. The predicted molar refractivity (Wildman–Crippen MR) is 161 cm³/mol. The summed E-state index contributed by atoms with van der Waals surface area (Å²) >= 11 is 0. The number of likely N-dealkylation sites (tertiary alicyclic amines) is 1. The maximum atomic E-state index is 14.2. The third-order valence-corrected chi connectivity index (χ3v) is 8.61. The number of rotatable bonds is 10. The van der Waals surface area contributed by atoms with E-state index in [0.29, 0.717) is 43.0 Å². The first kappa shape index (κ1) is 29.0. The van der Waals surface area contributed by atoms with Gasteiger partial charge in [0.25, 0.3) is 5.91 Å². The van der Waals surface area contributed by atoms with Gasteiger partial charge in [-0.1, -0.05) is 32.0 Å². The van der Waals surface area contributed by atoms with E-state index in [-0.39, 0.29) is 18.4 Å². The maximum absolute atomic E-state index is 14.2. The van der Waals surface area contributed by atoms with Crippen LogP contribution in [-0.2, 0) is 17.9 Å². The van der Waals surface area contributed by atoms with Crippen molar-refractivity contribution in [2.24, 2.45) is 11.8 Å². The zero-order valence-electron chi connectivity index (χ0n) is 25.1. The Morgan fingerprint density at radius 1 is 1.10 bits per heavy atom. The number of carbonyl (C=O) groups is 2. The molecule has 3 heterocycles. The molecule has 3 aromatic rings. The van der Waals surface area contributed by atoms with Crippen molar-refractivity contribution < 1.29 is 19.1 Å². The van der Waals surface area contributed by atoms with Crippen LogP contribution in [0.25, 0.3) is 10.9 Å². The van der Waals surface area contributed by atoms with E-state index in [2.05, 4.69) is 24.1 Å². The van der Waals surface area contributed by atoms with E-state index in [0.717, 1.165) is 48.3 Å². The van der Waals surface area contributed by atoms with Gasteiger partial charge in [-0.3, -0.25) is 9.59 Å². The van der Waals surface area contributed by atoms with E-state index in [9.17, 15) is 9.59 Å². The van der Waals surface area contributed by atoms with E-state index in [1.807, 2.05) is 66.9 Å². The highest BCUT2D eigenvalue weighted by Crippen LogP contribution is 2.36. The number of hydrogen-bond acceptors (Lipinski definition) is 5. The summed E-state index contributed by atoms with van der Waals surface area (Å²) in [5, 5.41) is 4.14. The van der Waals surface area contributed by atoms with Crippen LogP contribution < -0.4 is 14.8 Å². The highest BCUT2D eigenvalue weighted by molar-refractivity contribution is 6.03. The van der Waals surface area contributed by atoms with E-state index < -0.39 is 5.54 Å². The summed E-state index contributed by atoms with van der Waals surface area (Å²) in [6, 6.07) is 15.4. The highest BCUT2D eigenvalue weighted by atomic mass is 16.5. The summed E-state index contributed by atoms with van der Waals surface area (Å²) < 4.78 is 13.3. The molecule has 0 unspecified atom stereocenters. The highest BCUT2D eigenvalue weighted by Gasteiger charge is 2.47. The molecule has 2 aliphatic rings. The lowest BCUT2D eigenvalue weighted by Gasteiger charge is -2.44. The number of aromatic nitrogens is 1. The van der Waals surface area contributed by atoms with Crippen LogP contribution in [0.3, 0.4) is 0 Å². The molecule has 0 saturated carbocycles. The Bertz CT molecular complexity index is 1390. The van der Waals surface area contributed by atoms with Crippen LogP contribution in [0.2, 0.25) is 0 Å². The predicted octanol–water partition coefficient (Wildman–Crippen LogP) is 4.95. The Labute approximate surface area is 243 Å². The summed E-state index contributed by atoms with van der Waals surface area (Å²) in [4.78, 5) is 32.4. The number of para-hydroxylation sites is 1. The second-order valence-corrected chi connectivity index (χ2v) is 12.1. The first-order valence-electron chi connectivity index (χ1n) is 14.9. The summed E-state index contributed by atoms with van der Waals surface area (Å²) in [5.41, 5.74) is 1.23. The molecule has 2 amide bonds. The van der Waals surface area contributed by atoms with Gasteiger partial charge in [0, 0.05) is 36.7 Å². The second kappa shape index (κ2) is 12.1. The fourth-order valence-corrected chi connectivity index (χ4v) is 6.68. The van der Waals surface area contributed by atoms with Gasteiger partial charge in [0.05, 0.1) is 32.3 Å². The molecule has 5 rings (SSSR count). The molecule has 8 heteroatoms. The van der Waals surface area contributed by atoms with Crippen molar-refractivity contribution in [1.29, 1.82) is 0 Å². The van der Waals surface area contributed by atoms with Crippen molar-refractivity contribution in [3.63, 3.8) is 0 Å². The Hall–Kier alpha value is -3.52. The number of piperidine rings is 1. The normalized spacial score (nSPS) is 23.0. The lowest BCUT2D eigenvalue weighted by molar-refractivity contribution is -0.133. The molecule has 220 valence electrons. The molecule has 0 radical (unpaired) electrons. The molecule has 0 spiro atoms. The van der Waals surface area contributed by atoms with E-state index in [1.165, 1.54) is 6.42 Å². The van der Waals surface area contributed by atoms with Crippen molar-refractivity contribution in [2.75, 3.05) is 39.9 Å². The van der Waals surface area contributed by atoms with Crippen LogP contribution in [0.4, 0.5) is 0 Å². The summed E-state index contributed by atoms with van der Waals surface area (Å²) in [7, 11) is 1.63. The van der Waals surface area contributed by atoms with Crippen molar-refractivity contribution in [2.45, 2.75) is 59.2 Å². The number of benzene rings is 2. The zero-order valence-corrected chi connectivity index (χ0v) is 25.1. The topological polar surface area (TPSA) is 76.0 Å². The molecule has 0 bridgehead atoms. The minimum absolute atomic E-state index is 0.143. The summed E-state index contributed by atoms with van der Waals surface area (Å²) in [6.45, 7) is 13.4. The van der Waals surface area contributed by atoms with Gasteiger partial charge >= 0.3 is 0 Å². The number of nitrogens with zero attached hydrogens (tertiary/aromatic N) is 3. The molecule has 1 saturated heterocycles. The van der Waals surface area contributed by atoms with Crippen molar-refractivity contribution >= 4 is 22.7 Å². The van der Waals surface area contributed by atoms with E-state index in [4.69, 9.17) is 9.47 Å². The SMILES string of the molecule is CCOc1ccccc1CN1C(=O)c2cc3ccc(OC)cc3n2C[C@]1(C)C(=O)NCCCN1C[C@H](C)C[C@@H](C)C1. The molecule has 41 heavy (non-hydrogen) atoms. The number of methoxy groups -OCH3 is 1. The molecule has 3 atom stereocenters. The molecular formula is C33H44N4O4. The van der Waals surface area contributed by atoms with Gasteiger partial charge in [0.15, 0.2) is 0 Å². The molecule has 2 aromatic carbocycles. The van der Waals surface area contributed by atoms with Crippen LogP contribution in [0.1, 0.15) is 56.6 Å².